The monoisotopic (exact) mass is 508 g/mol. The van der Waals surface area contributed by atoms with E-state index >= 15 is 0 Å². The number of allylic oxidation sites excluding steroid dienone is 2. The zero-order valence-corrected chi connectivity index (χ0v) is 23.1. The molecule has 0 fully saturated rings. The summed E-state index contributed by atoms with van der Waals surface area (Å²) in [6.45, 7) is 14.3. The maximum Gasteiger partial charge on any atom is 0.0703 e. The van der Waals surface area contributed by atoms with Gasteiger partial charge >= 0.3 is 0 Å². The van der Waals surface area contributed by atoms with Crippen molar-refractivity contribution in [3.63, 3.8) is 0 Å². The SMILES string of the molecule is C=CC1=C(C=C)N(c2ccccc2)c2ccccc2N1c1ccccc1.CC.Cc1cccc2ccccc12. The summed E-state index contributed by atoms with van der Waals surface area (Å²) in [4.78, 5) is 4.47. The minimum atomic E-state index is 1.01. The molecule has 39 heavy (non-hydrogen) atoms. The molecule has 0 unspecified atom stereocenters. The number of nitrogens with zero attached hydrogens (tertiary/aromatic N) is 2. The van der Waals surface area contributed by atoms with Crippen molar-refractivity contribution in [1.82, 2.24) is 0 Å². The Balaban J connectivity index is 0.000000226. The summed E-state index contributed by atoms with van der Waals surface area (Å²) in [5.74, 6) is 0. The van der Waals surface area contributed by atoms with Crippen LogP contribution >= 0.6 is 0 Å². The summed E-state index contributed by atoms with van der Waals surface area (Å²) < 4.78 is 0. The predicted molar refractivity (Wildman–Crippen MR) is 171 cm³/mol. The molecular formula is C37H36N2. The first-order valence-electron chi connectivity index (χ1n) is 13.5. The van der Waals surface area contributed by atoms with E-state index in [1.165, 1.54) is 16.3 Å². The van der Waals surface area contributed by atoms with Crippen LogP contribution in [0.25, 0.3) is 10.8 Å². The summed E-state index contributed by atoms with van der Waals surface area (Å²) in [7, 11) is 0. The van der Waals surface area contributed by atoms with Gasteiger partial charge in [0.2, 0.25) is 0 Å². The van der Waals surface area contributed by atoms with Crippen molar-refractivity contribution in [3.8, 4) is 0 Å². The highest BCUT2D eigenvalue weighted by Gasteiger charge is 2.29. The van der Waals surface area contributed by atoms with Gasteiger partial charge in [-0.15, -0.1) is 0 Å². The fourth-order valence-corrected chi connectivity index (χ4v) is 4.82. The summed E-state index contributed by atoms with van der Waals surface area (Å²) in [5, 5.41) is 2.68. The first-order valence-corrected chi connectivity index (χ1v) is 13.5. The second kappa shape index (κ2) is 13.1. The van der Waals surface area contributed by atoms with Crippen LogP contribution in [0.1, 0.15) is 19.4 Å². The van der Waals surface area contributed by atoms with Gasteiger partial charge in [0.25, 0.3) is 0 Å². The minimum absolute atomic E-state index is 1.01. The molecular weight excluding hydrogens is 472 g/mol. The van der Waals surface area contributed by atoms with Crippen LogP contribution in [0.4, 0.5) is 22.7 Å². The number of rotatable bonds is 4. The summed E-state index contributed by atoms with van der Waals surface area (Å²) in [6.07, 6.45) is 3.80. The number of anilines is 4. The van der Waals surface area contributed by atoms with E-state index in [9.17, 15) is 0 Å². The molecule has 5 aromatic carbocycles. The normalized spacial score (nSPS) is 12.0. The summed E-state index contributed by atoms with van der Waals surface area (Å²) >= 11 is 0. The Morgan fingerprint density at radius 1 is 0.487 bits per heavy atom. The zero-order chi connectivity index (χ0) is 27.6. The smallest absolute Gasteiger partial charge is 0.0703 e. The lowest BCUT2D eigenvalue weighted by molar-refractivity contribution is 1.07. The van der Waals surface area contributed by atoms with Gasteiger partial charge in [0.1, 0.15) is 0 Å². The van der Waals surface area contributed by atoms with Gasteiger partial charge in [-0.1, -0.05) is 118 Å². The topological polar surface area (TPSA) is 6.48 Å². The molecule has 0 amide bonds. The van der Waals surface area contributed by atoms with E-state index in [0.29, 0.717) is 0 Å². The molecule has 5 aromatic rings. The van der Waals surface area contributed by atoms with Crippen LogP contribution in [-0.4, -0.2) is 0 Å². The Morgan fingerprint density at radius 3 is 1.36 bits per heavy atom. The standard InChI is InChI=1S/C24H20N2.C11H10.C2H6/c1-3-21-22(4-2)26(20-15-9-6-10-16-20)24-18-12-11-17-23(24)25(21)19-13-7-5-8-14-19;1-9-5-4-7-10-6-2-3-8-11(9)10;1-2/h3-18H,1-2H2;2-8H,1H3;1-2H3. The fourth-order valence-electron chi connectivity index (χ4n) is 4.82. The van der Waals surface area contributed by atoms with E-state index in [1.54, 1.807) is 0 Å². The van der Waals surface area contributed by atoms with Crippen molar-refractivity contribution in [2.24, 2.45) is 0 Å². The van der Waals surface area contributed by atoms with E-state index in [4.69, 9.17) is 0 Å². The largest absolute Gasteiger partial charge is 0.306 e. The maximum absolute atomic E-state index is 4.09. The van der Waals surface area contributed by atoms with Gasteiger partial charge in [-0.25, -0.2) is 0 Å². The van der Waals surface area contributed by atoms with E-state index in [-0.39, 0.29) is 0 Å². The molecule has 194 valence electrons. The minimum Gasteiger partial charge on any atom is -0.306 e. The van der Waals surface area contributed by atoms with E-state index < -0.39 is 0 Å². The number of para-hydroxylation sites is 4. The molecule has 1 aliphatic rings. The number of benzene rings is 5. The van der Waals surface area contributed by atoms with Gasteiger partial charge < -0.3 is 9.80 Å². The van der Waals surface area contributed by atoms with Crippen molar-refractivity contribution in [2.75, 3.05) is 9.80 Å². The Hall–Kier alpha value is -4.82. The lowest BCUT2D eigenvalue weighted by atomic mass is 10.0. The lowest BCUT2D eigenvalue weighted by Gasteiger charge is -2.40. The third kappa shape index (κ3) is 5.71. The van der Waals surface area contributed by atoms with Crippen LogP contribution in [0.3, 0.4) is 0 Å². The second-order valence-corrected chi connectivity index (χ2v) is 8.81. The van der Waals surface area contributed by atoms with Gasteiger partial charge in [0.15, 0.2) is 0 Å². The van der Waals surface area contributed by atoms with E-state index in [1.807, 2.05) is 38.1 Å². The Bertz CT molecular complexity index is 1480. The summed E-state index contributed by atoms with van der Waals surface area (Å²) in [6, 6.07) is 43.9. The number of fused-ring (bicyclic) bond motifs is 2. The highest BCUT2D eigenvalue weighted by Crippen LogP contribution is 2.47. The molecule has 0 spiro atoms. The van der Waals surface area contributed by atoms with Gasteiger partial charge in [0, 0.05) is 11.4 Å². The van der Waals surface area contributed by atoms with Gasteiger partial charge in [-0.2, -0.15) is 0 Å². The van der Waals surface area contributed by atoms with E-state index in [2.05, 4.69) is 145 Å². The third-order valence-corrected chi connectivity index (χ3v) is 6.53. The van der Waals surface area contributed by atoms with Crippen LogP contribution in [0, 0.1) is 6.92 Å². The van der Waals surface area contributed by atoms with Crippen molar-refractivity contribution >= 4 is 33.5 Å². The zero-order valence-electron chi connectivity index (χ0n) is 23.1. The highest BCUT2D eigenvalue weighted by molar-refractivity contribution is 5.91. The second-order valence-electron chi connectivity index (χ2n) is 8.81. The number of hydrogen-bond donors (Lipinski definition) is 0. The molecule has 1 heterocycles. The molecule has 0 radical (unpaired) electrons. The quantitative estimate of drug-likeness (QED) is 0.238. The van der Waals surface area contributed by atoms with Crippen molar-refractivity contribution in [3.05, 3.63) is 170 Å². The van der Waals surface area contributed by atoms with Crippen molar-refractivity contribution < 1.29 is 0 Å². The molecule has 0 aromatic heterocycles. The molecule has 0 N–H and O–H groups in total. The van der Waals surface area contributed by atoms with Crippen LogP contribution in [0.5, 0.6) is 0 Å². The molecule has 0 bridgehead atoms. The van der Waals surface area contributed by atoms with Crippen LogP contribution in [0.15, 0.2) is 164 Å². The molecule has 2 heteroatoms. The lowest BCUT2D eigenvalue weighted by Crippen LogP contribution is -2.30. The molecule has 0 saturated heterocycles. The third-order valence-electron chi connectivity index (χ3n) is 6.53. The average Bonchev–Trinajstić information content (AvgIpc) is 3.02. The molecule has 0 aliphatic carbocycles. The van der Waals surface area contributed by atoms with Crippen molar-refractivity contribution in [1.29, 1.82) is 0 Å². The number of aryl methyl sites for hydroxylation is 1. The van der Waals surface area contributed by atoms with Gasteiger partial charge in [-0.05, 0) is 71.8 Å². The van der Waals surface area contributed by atoms with Gasteiger partial charge in [0.05, 0.1) is 22.8 Å². The van der Waals surface area contributed by atoms with Crippen LogP contribution in [0.2, 0.25) is 0 Å². The first kappa shape index (κ1) is 27.2. The summed E-state index contributed by atoms with van der Waals surface area (Å²) in [5.41, 5.74) is 7.79. The van der Waals surface area contributed by atoms with E-state index in [0.717, 1.165) is 34.1 Å². The average molecular weight is 509 g/mol. The van der Waals surface area contributed by atoms with Crippen LogP contribution < -0.4 is 9.80 Å². The molecule has 0 atom stereocenters. The first-order chi connectivity index (χ1) is 19.2. The molecule has 0 saturated carbocycles. The van der Waals surface area contributed by atoms with Crippen molar-refractivity contribution in [2.45, 2.75) is 20.8 Å². The molecule has 2 nitrogen and oxygen atoms in total. The Kier molecular flexibility index (Phi) is 9.16. The highest BCUT2D eigenvalue weighted by atomic mass is 15.3. The number of hydrogen-bond acceptors (Lipinski definition) is 2. The Morgan fingerprint density at radius 2 is 0.897 bits per heavy atom. The van der Waals surface area contributed by atoms with Crippen LogP contribution in [-0.2, 0) is 0 Å². The predicted octanol–water partition coefficient (Wildman–Crippen LogP) is 10.7. The maximum atomic E-state index is 4.09. The molecule has 6 rings (SSSR count). The molecule has 1 aliphatic heterocycles. The van der Waals surface area contributed by atoms with Gasteiger partial charge in [-0.3, -0.25) is 0 Å². The Labute approximate surface area is 233 Å². The fraction of sp³-hybridized carbons (Fsp3) is 0.0811.